The van der Waals surface area contributed by atoms with Gasteiger partial charge in [0.2, 0.25) is 10.0 Å². The predicted octanol–water partition coefficient (Wildman–Crippen LogP) is 2.51. The number of ether oxygens (including phenoxy) is 1. The lowest BCUT2D eigenvalue weighted by Gasteiger charge is -2.31. The summed E-state index contributed by atoms with van der Waals surface area (Å²) in [6.07, 6.45) is 6.28. The van der Waals surface area contributed by atoms with Crippen LogP contribution in [0.5, 0.6) is 0 Å². The molecular formula is C18H29N3O3S. The molecule has 2 fully saturated rings. The number of pyridine rings is 1. The Kier molecular flexibility index (Phi) is 5.96. The zero-order valence-corrected chi connectivity index (χ0v) is 16.0. The third-order valence-electron chi connectivity index (χ3n) is 5.32. The molecule has 2 saturated heterocycles. The van der Waals surface area contributed by atoms with Crippen molar-refractivity contribution in [3.63, 3.8) is 0 Å². The third kappa shape index (κ3) is 3.99. The molecular weight excluding hydrogens is 338 g/mol. The molecule has 0 N–H and O–H groups in total. The highest BCUT2D eigenvalue weighted by Gasteiger charge is 2.31. The van der Waals surface area contributed by atoms with Gasteiger partial charge in [-0.15, -0.1) is 0 Å². The summed E-state index contributed by atoms with van der Waals surface area (Å²) in [5, 5.41) is 0. The average Bonchev–Trinajstić information content (AvgIpc) is 3.13. The van der Waals surface area contributed by atoms with Crippen molar-refractivity contribution in [2.45, 2.75) is 50.5 Å². The molecule has 0 aliphatic carbocycles. The molecule has 0 aromatic carbocycles. The molecule has 3 heterocycles. The molecule has 3 rings (SSSR count). The van der Waals surface area contributed by atoms with E-state index in [2.05, 4.69) is 23.7 Å². The number of hydrogen-bond donors (Lipinski definition) is 0. The first-order chi connectivity index (χ1) is 12.0. The van der Waals surface area contributed by atoms with Crippen LogP contribution in [0, 0.1) is 5.92 Å². The van der Waals surface area contributed by atoms with Crippen LogP contribution < -0.4 is 4.90 Å². The zero-order valence-electron chi connectivity index (χ0n) is 15.2. The third-order valence-corrected chi connectivity index (χ3v) is 7.21. The predicted molar refractivity (Wildman–Crippen MR) is 98.3 cm³/mol. The van der Waals surface area contributed by atoms with Crippen LogP contribution in [0.15, 0.2) is 23.2 Å². The van der Waals surface area contributed by atoms with Gasteiger partial charge in [-0.25, -0.2) is 13.4 Å². The maximum Gasteiger partial charge on any atom is 0.244 e. The van der Waals surface area contributed by atoms with Crippen LogP contribution in [-0.2, 0) is 14.8 Å². The lowest BCUT2D eigenvalue weighted by Crippen LogP contribution is -2.40. The summed E-state index contributed by atoms with van der Waals surface area (Å²) in [6, 6.07) is 4.08. The molecule has 2 aliphatic rings. The molecule has 25 heavy (non-hydrogen) atoms. The van der Waals surface area contributed by atoms with Gasteiger partial charge in [0.1, 0.15) is 10.7 Å². The van der Waals surface area contributed by atoms with E-state index < -0.39 is 10.0 Å². The Morgan fingerprint density at radius 1 is 1.28 bits per heavy atom. The molecule has 0 bridgehead atoms. The van der Waals surface area contributed by atoms with Crippen LogP contribution in [0.1, 0.15) is 39.5 Å². The second-order valence-corrected chi connectivity index (χ2v) is 8.98. The Bertz CT molecular complexity index is 657. The van der Waals surface area contributed by atoms with Gasteiger partial charge < -0.3 is 9.64 Å². The van der Waals surface area contributed by atoms with Crippen molar-refractivity contribution in [2.75, 3.05) is 37.7 Å². The van der Waals surface area contributed by atoms with Gasteiger partial charge in [-0.1, -0.05) is 20.3 Å². The van der Waals surface area contributed by atoms with Crippen molar-refractivity contribution >= 4 is 15.8 Å². The minimum atomic E-state index is -3.47. The minimum absolute atomic E-state index is 0.274. The molecule has 1 aromatic heterocycles. The second-order valence-electron chi connectivity index (χ2n) is 7.04. The van der Waals surface area contributed by atoms with E-state index >= 15 is 0 Å². The Hall–Kier alpha value is -1.18. The number of nitrogens with zero attached hydrogens (tertiary/aromatic N) is 3. The molecule has 0 amide bonds. The number of hydrogen-bond acceptors (Lipinski definition) is 5. The Balaban J connectivity index is 1.75. The topological polar surface area (TPSA) is 62.7 Å². The summed E-state index contributed by atoms with van der Waals surface area (Å²) in [6.45, 7) is 7.26. The van der Waals surface area contributed by atoms with Gasteiger partial charge in [0.05, 0.1) is 13.2 Å². The fourth-order valence-corrected chi connectivity index (χ4v) is 5.30. The number of sulfonamides is 1. The van der Waals surface area contributed by atoms with E-state index in [1.807, 2.05) is 6.07 Å². The summed E-state index contributed by atoms with van der Waals surface area (Å²) in [5.74, 6) is 1.53. The molecule has 0 saturated carbocycles. The molecule has 6 nitrogen and oxygen atoms in total. The number of anilines is 1. The van der Waals surface area contributed by atoms with Gasteiger partial charge >= 0.3 is 0 Å². The smallest absolute Gasteiger partial charge is 0.244 e. The van der Waals surface area contributed by atoms with E-state index in [1.165, 1.54) is 36.2 Å². The first kappa shape index (κ1) is 18.6. The minimum Gasteiger partial charge on any atom is -0.379 e. The molecule has 2 unspecified atom stereocenters. The van der Waals surface area contributed by atoms with Crippen LogP contribution in [0.25, 0.3) is 0 Å². The van der Waals surface area contributed by atoms with Crippen molar-refractivity contribution in [3.05, 3.63) is 18.3 Å². The molecule has 140 valence electrons. The van der Waals surface area contributed by atoms with E-state index in [4.69, 9.17) is 4.74 Å². The van der Waals surface area contributed by atoms with Crippen molar-refractivity contribution in [2.24, 2.45) is 5.92 Å². The lowest BCUT2D eigenvalue weighted by molar-refractivity contribution is 0.0730. The molecule has 1 aromatic rings. The van der Waals surface area contributed by atoms with Crippen molar-refractivity contribution < 1.29 is 13.2 Å². The van der Waals surface area contributed by atoms with Gasteiger partial charge in [-0.2, -0.15) is 4.31 Å². The van der Waals surface area contributed by atoms with Crippen LogP contribution >= 0.6 is 0 Å². The quantitative estimate of drug-likeness (QED) is 0.773. The van der Waals surface area contributed by atoms with Crippen LogP contribution in [-0.4, -0.2) is 56.6 Å². The molecule has 0 radical (unpaired) electrons. The largest absolute Gasteiger partial charge is 0.379 e. The molecule has 7 heteroatoms. The van der Waals surface area contributed by atoms with E-state index in [9.17, 15) is 8.42 Å². The molecule has 0 spiro atoms. The average molecular weight is 368 g/mol. The Morgan fingerprint density at radius 3 is 2.68 bits per heavy atom. The zero-order chi connectivity index (χ0) is 17.9. The van der Waals surface area contributed by atoms with Crippen molar-refractivity contribution in [1.29, 1.82) is 0 Å². The maximum absolute atomic E-state index is 12.7. The fraction of sp³-hybridized carbons (Fsp3) is 0.722. The van der Waals surface area contributed by atoms with E-state index in [0.29, 0.717) is 38.3 Å². The Morgan fingerprint density at radius 2 is 2.04 bits per heavy atom. The number of morpholine rings is 1. The van der Waals surface area contributed by atoms with Crippen molar-refractivity contribution in [1.82, 2.24) is 9.29 Å². The SMILES string of the molecule is CCCC(C)C1CCCN1c1ccc(S(=O)(=O)N2CCOCC2)cn1. The van der Waals surface area contributed by atoms with Gasteiger partial charge in [0, 0.05) is 31.9 Å². The second kappa shape index (κ2) is 8.01. The summed E-state index contributed by atoms with van der Waals surface area (Å²) < 4.78 is 32.1. The molecule has 2 aliphatic heterocycles. The summed E-state index contributed by atoms with van der Waals surface area (Å²) in [5.41, 5.74) is 0. The van der Waals surface area contributed by atoms with Crippen LogP contribution in [0.3, 0.4) is 0 Å². The van der Waals surface area contributed by atoms with Crippen LogP contribution in [0.2, 0.25) is 0 Å². The highest BCUT2D eigenvalue weighted by molar-refractivity contribution is 7.89. The van der Waals surface area contributed by atoms with E-state index in [-0.39, 0.29) is 4.90 Å². The summed E-state index contributed by atoms with van der Waals surface area (Å²) >= 11 is 0. The first-order valence-electron chi connectivity index (χ1n) is 9.34. The number of aromatic nitrogens is 1. The molecule has 2 atom stereocenters. The van der Waals surface area contributed by atoms with Gasteiger partial charge in [-0.05, 0) is 37.3 Å². The summed E-state index contributed by atoms with van der Waals surface area (Å²) in [7, 11) is -3.47. The van der Waals surface area contributed by atoms with E-state index in [1.54, 1.807) is 6.07 Å². The highest BCUT2D eigenvalue weighted by Crippen LogP contribution is 2.31. The van der Waals surface area contributed by atoms with Gasteiger partial charge in [-0.3, -0.25) is 0 Å². The highest BCUT2D eigenvalue weighted by atomic mass is 32.2. The van der Waals surface area contributed by atoms with Gasteiger partial charge in [0.25, 0.3) is 0 Å². The monoisotopic (exact) mass is 367 g/mol. The first-order valence-corrected chi connectivity index (χ1v) is 10.8. The van der Waals surface area contributed by atoms with Crippen molar-refractivity contribution in [3.8, 4) is 0 Å². The number of rotatable bonds is 6. The van der Waals surface area contributed by atoms with Gasteiger partial charge in [0.15, 0.2) is 0 Å². The maximum atomic E-state index is 12.7. The normalized spacial score (nSPS) is 23.8. The lowest BCUT2D eigenvalue weighted by atomic mass is 9.95. The fourth-order valence-electron chi connectivity index (χ4n) is 3.95. The standard InChI is InChI=1S/C18H29N3O3S/c1-3-5-15(2)17-6-4-9-21(17)18-8-7-16(14-19-18)25(22,23)20-10-12-24-13-11-20/h7-8,14-15,17H,3-6,9-13H2,1-2H3. The Labute approximate surface area is 151 Å². The van der Waals surface area contributed by atoms with Crippen LogP contribution in [0.4, 0.5) is 5.82 Å². The van der Waals surface area contributed by atoms with E-state index in [0.717, 1.165) is 12.4 Å². The summed E-state index contributed by atoms with van der Waals surface area (Å²) in [4.78, 5) is 7.13.